The van der Waals surface area contributed by atoms with Gasteiger partial charge in [-0.25, -0.2) is 0 Å². The number of fused-ring (bicyclic) bond motifs is 4. The SMILES string of the molecule is CCCCCc1ccc(N(c2ccc(C(C)(C)C)cc2)c2ccc(-c3cc(-c4c(C)cccc4C)cc4c3Bc3cccc5c3N4c3ccccc3C5(C)C)c(Nc3ccccc3)c2)cc1. The van der Waals surface area contributed by atoms with Gasteiger partial charge in [0.05, 0.1) is 5.69 Å². The summed E-state index contributed by atoms with van der Waals surface area (Å²) in [5.74, 6) is 0. The van der Waals surface area contributed by atoms with Crippen LogP contribution in [0.4, 0.5) is 45.5 Å². The Morgan fingerprint density at radius 1 is 0.606 bits per heavy atom. The molecule has 0 fully saturated rings. The number of hydrogen-bond acceptors (Lipinski definition) is 3. The van der Waals surface area contributed by atoms with Crippen molar-refractivity contribution in [1.29, 1.82) is 0 Å². The van der Waals surface area contributed by atoms with Gasteiger partial charge in [0, 0.05) is 50.8 Å². The van der Waals surface area contributed by atoms with Crippen LogP contribution in [0.15, 0.2) is 170 Å². The van der Waals surface area contributed by atoms with E-state index in [1.165, 1.54) is 103 Å². The summed E-state index contributed by atoms with van der Waals surface area (Å²) >= 11 is 0. The van der Waals surface area contributed by atoms with Crippen LogP contribution in [-0.2, 0) is 17.3 Å². The molecular weight excluding hydrogens is 798 g/mol. The first-order valence-electron chi connectivity index (χ1n) is 24.1. The van der Waals surface area contributed by atoms with E-state index < -0.39 is 0 Å². The fourth-order valence-electron chi connectivity index (χ4n) is 10.7. The van der Waals surface area contributed by atoms with Crippen LogP contribution in [0.25, 0.3) is 22.3 Å². The lowest BCUT2D eigenvalue weighted by Gasteiger charge is -2.46. The molecule has 0 saturated heterocycles. The lowest BCUT2D eigenvalue weighted by Crippen LogP contribution is -2.45. The summed E-state index contributed by atoms with van der Waals surface area (Å²) in [6.45, 7) is 18.4. The topological polar surface area (TPSA) is 18.5 Å². The lowest BCUT2D eigenvalue weighted by atomic mass is 9.55. The van der Waals surface area contributed by atoms with E-state index in [1.807, 2.05) is 0 Å². The molecule has 0 aliphatic carbocycles. The summed E-state index contributed by atoms with van der Waals surface area (Å²) in [6.07, 6.45) is 4.80. The molecule has 2 heterocycles. The maximum Gasteiger partial charge on any atom is 0.198 e. The van der Waals surface area contributed by atoms with Gasteiger partial charge in [-0.15, -0.1) is 0 Å². The second-order valence-corrected chi connectivity index (χ2v) is 20.2. The van der Waals surface area contributed by atoms with E-state index >= 15 is 0 Å². The van der Waals surface area contributed by atoms with Crippen molar-refractivity contribution in [3.8, 4) is 22.3 Å². The van der Waals surface area contributed by atoms with Crippen LogP contribution in [0.1, 0.15) is 94.2 Å². The Hall–Kier alpha value is -6.78. The predicted molar refractivity (Wildman–Crippen MR) is 286 cm³/mol. The standard InChI is InChI=1S/C62H62BN3/c1-9-10-12-21-43-28-32-47(33-29-43)65(48-34-30-45(31-35-48)61(4,5)6)49-36-37-50(55(40-49)64-46-22-13-11-14-23-46)51-38-44(58-41(2)19-17-20-42(58)3)39-57-59(51)63-54-26-18-25-53-60(54)66(57)56-27-16-15-24-52(56)62(53,7)8/h11,13-20,22-40,63-64H,9-10,12,21H2,1-8H3. The van der Waals surface area contributed by atoms with Crippen molar-refractivity contribution >= 4 is 63.7 Å². The second kappa shape index (κ2) is 17.2. The molecule has 2 aliphatic heterocycles. The molecule has 2 aliphatic rings. The normalized spacial score (nSPS) is 13.3. The van der Waals surface area contributed by atoms with Crippen LogP contribution in [0.2, 0.25) is 0 Å². The predicted octanol–water partition coefficient (Wildman–Crippen LogP) is 15.7. The molecule has 0 saturated carbocycles. The molecule has 8 aromatic carbocycles. The molecule has 0 radical (unpaired) electrons. The molecule has 66 heavy (non-hydrogen) atoms. The third-order valence-corrected chi connectivity index (χ3v) is 14.3. The van der Waals surface area contributed by atoms with E-state index in [1.54, 1.807) is 0 Å². The number of unbranched alkanes of at least 4 members (excludes halogenated alkanes) is 2. The van der Waals surface area contributed by atoms with Gasteiger partial charge in [0.1, 0.15) is 0 Å². The molecular formula is C62H62BN3. The first kappa shape index (κ1) is 43.1. The van der Waals surface area contributed by atoms with Gasteiger partial charge < -0.3 is 15.1 Å². The number of rotatable bonds is 11. The summed E-state index contributed by atoms with van der Waals surface area (Å²) in [4.78, 5) is 5.02. The Balaban J connectivity index is 1.21. The largest absolute Gasteiger partial charge is 0.355 e. The Bertz CT molecular complexity index is 3050. The van der Waals surface area contributed by atoms with Crippen LogP contribution >= 0.6 is 0 Å². The molecule has 0 aromatic heterocycles. The fraction of sp³-hybridized carbons (Fsp3) is 0.226. The van der Waals surface area contributed by atoms with Gasteiger partial charge in [0.15, 0.2) is 7.28 Å². The van der Waals surface area contributed by atoms with Gasteiger partial charge in [-0.1, -0.05) is 163 Å². The lowest BCUT2D eigenvalue weighted by molar-refractivity contribution is 0.590. The van der Waals surface area contributed by atoms with E-state index in [0.29, 0.717) is 0 Å². The van der Waals surface area contributed by atoms with Crippen LogP contribution in [0.3, 0.4) is 0 Å². The van der Waals surface area contributed by atoms with E-state index in [2.05, 4.69) is 240 Å². The number of nitrogens with one attached hydrogen (secondary N) is 1. The van der Waals surface area contributed by atoms with E-state index in [0.717, 1.165) is 42.1 Å². The third-order valence-electron chi connectivity index (χ3n) is 14.3. The van der Waals surface area contributed by atoms with Crippen molar-refractivity contribution in [2.45, 2.75) is 91.9 Å². The third kappa shape index (κ3) is 7.81. The fourth-order valence-corrected chi connectivity index (χ4v) is 10.7. The van der Waals surface area contributed by atoms with Crippen molar-refractivity contribution in [3.63, 3.8) is 0 Å². The highest BCUT2D eigenvalue weighted by Crippen LogP contribution is 2.53. The van der Waals surface area contributed by atoms with Crippen molar-refractivity contribution in [3.05, 3.63) is 203 Å². The molecule has 0 atom stereocenters. The molecule has 328 valence electrons. The molecule has 3 nitrogen and oxygen atoms in total. The number of anilines is 8. The summed E-state index contributed by atoms with van der Waals surface area (Å²) < 4.78 is 0. The zero-order valence-electron chi connectivity index (χ0n) is 40.1. The van der Waals surface area contributed by atoms with Crippen molar-refractivity contribution in [1.82, 2.24) is 0 Å². The minimum atomic E-state index is -0.139. The highest BCUT2D eigenvalue weighted by atomic mass is 15.2. The highest BCUT2D eigenvalue weighted by Gasteiger charge is 2.41. The summed E-state index contributed by atoms with van der Waals surface area (Å²) in [6, 6.07) is 63.9. The smallest absolute Gasteiger partial charge is 0.198 e. The van der Waals surface area contributed by atoms with E-state index in [4.69, 9.17) is 0 Å². The van der Waals surface area contributed by atoms with E-state index in [9.17, 15) is 0 Å². The average molecular weight is 860 g/mol. The Morgan fingerprint density at radius 3 is 1.97 bits per heavy atom. The van der Waals surface area contributed by atoms with Crippen molar-refractivity contribution < 1.29 is 0 Å². The monoisotopic (exact) mass is 860 g/mol. The van der Waals surface area contributed by atoms with Gasteiger partial charge in [-0.05, 0) is 154 Å². The van der Waals surface area contributed by atoms with Crippen molar-refractivity contribution in [2.24, 2.45) is 0 Å². The molecule has 0 bridgehead atoms. The average Bonchev–Trinajstić information content (AvgIpc) is 3.31. The van der Waals surface area contributed by atoms with Crippen LogP contribution in [0.5, 0.6) is 0 Å². The minimum Gasteiger partial charge on any atom is -0.355 e. The second-order valence-electron chi connectivity index (χ2n) is 20.2. The van der Waals surface area contributed by atoms with E-state index in [-0.39, 0.29) is 10.8 Å². The number of para-hydroxylation sites is 3. The number of nitrogens with zero attached hydrogens (tertiary/aromatic N) is 2. The molecule has 0 spiro atoms. The Labute approximate surface area is 394 Å². The molecule has 1 N–H and O–H groups in total. The molecule has 0 amide bonds. The minimum absolute atomic E-state index is 0.0526. The van der Waals surface area contributed by atoms with Crippen LogP contribution < -0.4 is 26.0 Å². The summed E-state index contributed by atoms with van der Waals surface area (Å²) in [5.41, 5.74) is 24.9. The van der Waals surface area contributed by atoms with Gasteiger partial charge >= 0.3 is 0 Å². The Morgan fingerprint density at radius 2 is 1.26 bits per heavy atom. The zero-order valence-corrected chi connectivity index (χ0v) is 40.1. The summed E-state index contributed by atoms with van der Waals surface area (Å²) in [5, 5.41) is 3.98. The number of aryl methyl sites for hydroxylation is 3. The van der Waals surface area contributed by atoms with Gasteiger partial charge in [0.25, 0.3) is 0 Å². The molecule has 10 rings (SSSR count). The summed E-state index contributed by atoms with van der Waals surface area (Å²) in [7, 11) is 0.832. The maximum atomic E-state index is 3.98. The van der Waals surface area contributed by atoms with Crippen LogP contribution in [0, 0.1) is 13.8 Å². The van der Waals surface area contributed by atoms with Gasteiger partial charge in [-0.2, -0.15) is 0 Å². The van der Waals surface area contributed by atoms with Gasteiger partial charge in [-0.3, -0.25) is 0 Å². The molecule has 0 unspecified atom stereocenters. The number of hydrogen-bond donors (Lipinski definition) is 1. The number of benzene rings is 8. The zero-order chi connectivity index (χ0) is 45.7. The highest BCUT2D eigenvalue weighted by molar-refractivity contribution is 6.73. The van der Waals surface area contributed by atoms with Crippen molar-refractivity contribution in [2.75, 3.05) is 15.1 Å². The van der Waals surface area contributed by atoms with Gasteiger partial charge in [0.2, 0.25) is 0 Å². The first-order valence-corrected chi connectivity index (χ1v) is 24.1. The first-order chi connectivity index (χ1) is 31.9. The maximum absolute atomic E-state index is 3.98. The quantitative estimate of drug-likeness (QED) is 0.103. The van der Waals surface area contributed by atoms with Crippen LogP contribution in [-0.4, -0.2) is 7.28 Å². The molecule has 4 heteroatoms. The molecule has 8 aromatic rings. The Kier molecular flexibility index (Phi) is 11.3.